The Bertz CT molecular complexity index is 441. The molecular weight excluding hydrogens is 232 g/mol. The summed E-state index contributed by atoms with van der Waals surface area (Å²) in [7, 11) is 0. The van der Waals surface area contributed by atoms with Crippen molar-refractivity contribution in [2.24, 2.45) is 0 Å². The summed E-state index contributed by atoms with van der Waals surface area (Å²) >= 11 is 2.00. The molecule has 5 heteroatoms. The number of pyridine rings is 1. The average molecular weight is 248 g/mol. The van der Waals surface area contributed by atoms with Crippen LogP contribution in [0.3, 0.4) is 0 Å². The zero-order chi connectivity index (χ0) is 12.3. The van der Waals surface area contributed by atoms with Crippen LogP contribution in [-0.4, -0.2) is 29.1 Å². The number of rotatable bonds is 2. The second kappa shape index (κ2) is 5.28. The molecule has 1 saturated heterocycles. The first kappa shape index (κ1) is 12.1. The van der Waals surface area contributed by atoms with Gasteiger partial charge in [-0.25, -0.2) is 4.98 Å². The molecule has 0 aromatic carbocycles. The van der Waals surface area contributed by atoms with Crippen LogP contribution < -0.4 is 10.6 Å². The smallest absolute Gasteiger partial charge is 0.146 e. The van der Waals surface area contributed by atoms with Gasteiger partial charge >= 0.3 is 0 Å². The van der Waals surface area contributed by atoms with Crippen LogP contribution in [0, 0.1) is 11.3 Å². The van der Waals surface area contributed by atoms with Crippen molar-refractivity contribution in [3.63, 3.8) is 0 Å². The van der Waals surface area contributed by atoms with E-state index >= 15 is 0 Å². The summed E-state index contributed by atoms with van der Waals surface area (Å²) in [6.07, 6.45) is 2.77. The standard InChI is InChI=1S/C12H16N4S/c1-2-11-8-16(3-4-17-11)12-9(6-13)5-10(14)7-15-12/h5,7,11H,2-4,8,14H2,1H3. The summed E-state index contributed by atoms with van der Waals surface area (Å²) in [4.78, 5) is 6.51. The van der Waals surface area contributed by atoms with Gasteiger partial charge in [0.15, 0.2) is 0 Å². The van der Waals surface area contributed by atoms with Crippen LogP contribution >= 0.6 is 11.8 Å². The van der Waals surface area contributed by atoms with Gasteiger partial charge in [0.25, 0.3) is 0 Å². The molecule has 0 amide bonds. The Morgan fingerprint density at radius 2 is 2.53 bits per heavy atom. The molecule has 0 spiro atoms. The van der Waals surface area contributed by atoms with Gasteiger partial charge in [0, 0.05) is 24.1 Å². The van der Waals surface area contributed by atoms with E-state index in [-0.39, 0.29) is 0 Å². The number of aromatic nitrogens is 1. The third kappa shape index (κ3) is 2.64. The van der Waals surface area contributed by atoms with Gasteiger partial charge in [0.1, 0.15) is 11.9 Å². The van der Waals surface area contributed by atoms with Crippen LogP contribution in [0.15, 0.2) is 12.3 Å². The van der Waals surface area contributed by atoms with Crippen molar-refractivity contribution in [1.29, 1.82) is 5.26 Å². The lowest BCUT2D eigenvalue weighted by molar-refractivity contribution is 0.719. The summed E-state index contributed by atoms with van der Waals surface area (Å²) in [5.74, 6) is 1.87. The number of thioether (sulfide) groups is 1. The fraction of sp³-hybridized carbons (Fsp3) is 0.500. The highest BCUT2D eigenvalue weighted by atomic mass is 32.2. The summed E-state index contributed by atoms with van der Waals surface area (Å²) in [6, 6.07) is 3.88. The normalized spacial score (nSPS) is 20.0. The van der Waals surface area contributed by atoms with Gasteiger partial charge in [-0.15, -0.1) is 0 Å². The van der Waals surface area contributed by atoms with Crippen molar-refractivity contribution in [3.05, 3.63) is 17.8 Å². The Hall–Kier alpha value is -1.41. The largest absolute Gasteiger partial charge is 0.397 e. The topological polar surface area (TPSA) is 65.9 Å². The molecule has 2 rings (SSSR count). The van der Waals surface area contributed by atoms with E-state index in [1.54, 1.807) is 12.3 Å². The predicted octanol–water partition coefficient (Wildman–Crippen LogP) is 1.87. The maximum absolute atomic E-state index is 9.12. The predicted molar refractivity (Wildman–Crippen MR) is 72.1 cm³/mol. The average Bonchev–Trinajstić information content (AvgIpc) is 2.38. The van der Waals surface area contributed by atoms with Crippen LogP contribution in [-0.2, 0) is 0 Å². The summed E-state index contributed by atoms with van der Waals surface area (Å²) in [6.45, 7) is 4.11. The second-order valence-corrected chi connectivity index (χ2v) is 5.51. The molecule has 2 heterocycles. The molecule has 0 aliphatic carbocycles. The summed E-state index contributed by atoms with van der Waals surface area (Å²) < 4.78 is 0. The van der Waals surface area contributed by atoms with E-state index in [1.807, 2.05) is 11.8 Å². The van der Waals surface area contributed by atoms with Crippen LogP contribution in [0.4, 0.5) is 11.5 Å². The lowest BCUT2D eigenvalue weighted by Gasteiger charge is -2.33. The minimum atomic E-state index is 0.545. The SMILES string of the molecule is CCC1CN(c2ncc(N)cc2C#N)CCS1. The lowest BCUT2D eigenvalue weighted by atomic mass is 10.2. The first-order chi connectivity index (χ1) is 8.24. The Kier molecular flexibility index (Phi) is 3.75. The third-order valence-electron chi connectivity index (χ3n) is 2.90. The zero-order valence-corrected chi connectivity index (χ0v) is 10.7. The van der Waals surface area contributed by atoms with Crippen molar-refractivity contribution in [3.8, 4) is 6.07 Å². The quantitative estimate of drug-likeness (QED) is 0.865. The fourth-order valence-electron chi connectivity index (χ4n) is 1.97. The number of nitrogens with two attached hydrogens (primary N) is 1. The molecule has 1 aliphatic heterocycles. The molecule has 17 heavy (non-hydrogen) atoms. The molecule has 1 fully saturated rings. The van der Waals surface area contributed by atoms with E-state index in [2.05, 4.69) is 22.9 Å². The maximum atomic E-state index is 9.12. The highest BCUT2D eigenvalue weighted by Gasteiger charge is 2.22. The highest BCUT2D eigenvalue weighted by molar-refractivity contribution is 8.00. The first-order valence-electron chi connectivity index (χ1n) is 5.76. The van der Waals surface area contributed by atoms with Crippen LogP contribution in [0.2, 0.25) is 0 Å². The number of nitrogens with zero attached hydrogens (tertiary/aromatic N) is 3. The molecule has 1 atom stereocenters. The molecule has 0 saturated carbocycles. The van der Waals surface area contributed by atoms with Gasteiger partial charge in [-0.1, -0.05) is 6.92 Å². The third-order valence-corrected chi connectivity index (χ3v) is 4.27. The molecule has 1 aliphatic rings. The summed E-state index contributed by atoms with van der Waals surface area (Å²) in [5, 5.41) is 9.75. The molecule has 1 unspecified atom stereocenters. The van der Waals surface area contributed by atoms with Gasteiger partial charge in [-0.05, 0) is 12.5 Å². The van der Waals surface area contributed by atoms with Crippen LogP contribution in [0.25, 0.3) is 0 Å². The number of nitrogen functional groups attached to an aromatic ring is 1. The zero-order valence-electron chi connectivity index (χ0n) is 9.89. The van der Waals surface area contributed by atoms with E-state index in [0.717, 1.165) is 31.1 Å². The molecule has 90 valence electrons. The maximum Gasteiger partial charge on any atom is 0.146 e. The van der Waals surface area contributed by atoms with Gasteiger partial charge in [0.2, 0.25) is 0 Å². The highest BCUT2D eigenvalue weighted by Crippen LogP contribution is 2.27. The molecule has 1 aromatic rings. The van der Waals surface area contributed by atoms with Gasteiger partial charge in [-0.3, -0.25) is 0 Å². The number of hydrogen-bond donors (Lipinski definition) is 1. The number of anilines is 2. The van der Waals surface area contributed by atoms with E-state index in [1.165, 1.54) is 0 Å². The van der Waals surface area contributed by atoms with Crippen molar-refractivity contribution in [1.82, 2.24) is 4.98 Å². The molecular formula is C12H16N4S. The molecule has 1 aromatic heterocycles. The first-order valence-corrected chi connectivity index (χ1v) is 6.81. The monoisotopic (exact) mass is 248 g/mol. The number of nitriles is 1. The molecule has 4 nitrogen and oxygen atoms in total. The molecule has 0 bridgehead atoms. The second-order valence-electron chi connectivity index (χ2n) is 4.10. The Morgan fingerprint density at radius 1 is 1.71 bits per heavy atom. The Morgan fingerprint density at radius 3 is 3.24 bits per heavy atom. The fourth-order valence-corrected chi connectivity index (χ4v) is 3.15. The van der Waals surface area contributed by atoms with E-state index in [9.17, 15) is 0 Å². The van der Waals surface area contributed by atoms with Crippen LogP contribution in [0.5, 0.6) is 0 Å². The van der Waals surface area contributed by atoms with Gasteiger partial charge in [-0.2, -0.15) is 17.0 Å². The Balaban J connectivity index is 2.24. The molecule has 2 N–H and O–H groups in total. The summed E-state index contributed by atoms with van der Waals surface area (Å²) in [5.41, 5.74) is 6.77. The van der Waals surface area contributed by atoms with Crippen molar-refractivity contribution in [2.75, 3.05) is 29.5 Å². The van der Waals surface area contributed by atoms with Crippen molar-refractivity contribution < 1.29 is 0 Å². The van der Waals surface area contributed by atoms with E-state index in [4.69, 9.17) is 11.0 Å². The lowest BCUT2D eigenvalue weighted by Crippen LogP contribution is -2.38. The Labute approximate surface area is 106 Å². The van der Waals surface area contributed by atoms with Gasteiger partial charge < -0.3 is 10.6 Å². The minimum absolute atomic E-state index is 0.545. The number of hydrogen-bond acceptors (Lipinski definition) is 5. The molecule has 0 radical (unpaired) electrons. The minimum Gasteiger partial charge on any atom is -0.397 e. The van der Waals surface area contributed by atoms with E-state index in [0.29, 0.717) is 16.5 Å². The van der Waals surface area contributed by atoms with Gasteiger partial charge in [0.05, 0.1) is 17.4 Å². The van der Waals surface area contributed by atoms with E-state index < -0.39 is 0 Å². The van der Waals surface area contributed by atoms with Crippen molar-refractivity contribution in [2.45, 2.75) is 18.6 Å². The van der Waals surface area contributed by atoms with Crippen molar-refractivity contribution >= 4 is 23.3 Å². The van der Waals surface area contributed by atoms with Crippen LogP contribution in [0.1, 0.15) is 18.9 Å².